The van der Waals surface area contributed by atoms with Gasteiger partial charge in [-0.05, 0) is 30.4 Å². The lowest BCUT2D eigenvalue weighted by atomic mass is 9.83. The Morgan fingerprint density at radius 3 is 2.67 bits per heavy atom. The van der Waals surface area contributed by atoms with Crippen LogP contribution < -0.4 is 0 Å². The molecule has 0 bridgehead atoms. The lowest BCUT2D eigenvalue weighted by molar-refractivity contribution is -0.139. The van der Waals surface area contributed by atoms with Crippen molar-refractivity contribution in [1.29, 1.82) is 0 Å². The summed E-state index contributed by atoms with van der Waals surface area (Å²) in [7, 11) is 0. The molecule has 0 amide bonds. The molecule has 0 aromatic heterocycles. The summed E-state index contributed by atoms with van der Waals surface area (Å²) in [5.41, 5.74) is 2.22. The molecular weight excluding hydrogens is 188 g/mol. The van der Waals surface area contributed by atoms with Gasteiger partial charge >= 0.3 is 5.97 Å². The van der Waals surface area contributed by atoms with Crippen LogP contribution in [-0.2, 0) is 11.2 Å². The Morgan fingerprint density at radius 1 is 1.33 bits per heavy atom. The molecule has 15 heavy (non-hydrogen) atoms. The molecule has 0 heterocycles. The molecule has 2 nitrogen and oxygen atoms in total. The molecule has 82 valence electrons. The normalized spacial score (nSPS) is 18.4. The van der Waals surface area contributed by atoms with Crippen LogP contribution in [0, 0.1) is 0 Å². The largest absolute Gasteiger partial charge is 0.481 e. The smallest absolute Gasteiger partial charge is 0.310 e. The Labute approximate surface area is 90.9 Å². The highest BCUT2D eigenvalue weighted by Gasteiger charge is 2.25. The second kappa shape index (κ2) is 5.54. The van der Waals surface area contributed by atoms with Crippen molar-refractivity contribution in [1.82, 2.24) is 0 Å². The third-order valence-corrected chi connectivity index (χ3v) is 2.67. The molecule has 1 N–H and O–H groups in total. The van der Waals surface area contributed by atoms with Crippen LogP contribution in [0.5, 0.6) is 0 Å². The highest BCUT2D eigenvalue weighted by molar-refractivity contribution is 5.77. The first kappa shape index (κ1) is 11.8. The lowest BCUT2D eigenvalue weighted by Crippen LogP contribution is -2.17. The number of aliphatic carboxylic acids is 1. The van der Waals surface area contributed by atoms with Gasteiger partial charge in [-0.3, -0.25) is 4.79 Å². The number of benzene rings is 1. The van der Waals surface area contributed by atoms with E-state index in [2.05, 4.69) is 0 Å². The van der Waals surface area contributed by atoms with Gasteiger partial charge in [-0.25, -0.2) is 0 Å². The summed E-state index contributed by atoms with van der Waals surface area (Å²) in [4.78, 5) is 10.9. The second-order valence-corrected chi connectivity index (χ2v) is 3.48. The maximum atomic E-state index is 10.9. The van der Waals surface area contributed by atoms with Gasteiger partial charge in [-0.15, -0.1) is 0 Å². The molecule has 1 unspecified atom stereocenters. The fraction of sp³-hybridized carbons (Fsp3) is 0.462. The Bertz CT molecular complexity index is 331. The van der Waals surface area contributed by atoms with E-state index in [0.29, 0.717) is 0 Å². The van der Waals surface area contributed by atoms with E-state index >= 15 is 0 Å². The topological polar surface area (TPSA) is 37.3 Å². The van der Waals surface area contributed by atoms with Crippen molar-refractivity contribution >= 4 is 5.97 Å². The first-order chi connectivity index (χ1) is 7.29. The van der Waals surface area contributed by atoms with Crippen LogP contribution in [0.3, 0.4) is 0 Å². The van der Waals surface area contributed by atoms with Crippen molar-refractivity contribution in [3.05, 3.63) is 35.4 Å². The predicted molar refractivity (Wildman–Crippen MR) is 61.1 cm³/mol. The summed E-state index contributed by atoms with van der Waals surface area (Å²) in [6, 6.07) is 7.86. The van der Waals surface area contributed by atoms with Gasteiger partial charge in [0.15, 0.2) is 0 Å². The monoisotopic (exact) mass is 206 g/mol. The summed E-state index contributed by atoms with van der Waals surface area (Å²) in [6.07, 6.45) is 2.81. The SMILES string of the molecule is CC.O=C(O)C1CCCc2ccccc21. The maximum absolute atomic E-state index is 10.9. The molecule has 2 heteroatoms. The van der Waals surface area contributed by atoms with Crippen LogP contribution in [0.2, 0.25) is 0 Å². The average Bonchev–Trinajstić information content (AvgIpc) is 2.31. The number of hydrogen-bond acceptors (Lipinski definition) is 1. The van der Waals surface area contributed by atoms with Crippen LogP contribution in [0.1, 0.15) is 43.7 Å². The van der Waals surface area contributed by atoms with Gasteiger partial charge in [-0.2, -0.15) is 0 Å². The first-order valence-corrected chi connectivity index (χ1v) is 5.59. The molecule has 1 aromatic rings. The molecule has 0 saturated heterocycles. The van der Waals surface area contributed by atoms with Crippen molar-refractivity contribution in [2.75, 3.05) is 0 Å². The molecule has 0 fully saturated rings. The van der Waals surface area contributed by atoms with E-state index in [1.807, 2.05) is 38.1 Å². The van der Waals surface area contributed by atoms with E-state index in [0.717, 1.165) is 24.8 Å². The molecule has 1 aliphatic carbocycles. The molecule has 1 aliphatic rings. The van der Waals surface area contributed by atoms with Gasteiger partial charge in [0.1, 0.15) is 0 Å². The Kier molecular flexibility index (Phi) is 4.35. The standard InChI is InChI=1S/C11H12O2.C2H6/c12-11(13)10-7-3-5-8-4-1-2-6-9(8)10;1-2/h1-2,4,6,10H,3,5,7H2,(H,12,13);1-2H3. The zero-order valence-electron chi connectivity index (χ0n) is 9.36. The van der Waals surface area contributed by atoms with Crippen LogP contribution in [-0.4, -0.2) is 11.1 Å². The Hall–Kier alpha value is -1.31. The molecule has 1 aromatic carbocycles. The van der Waals surface area contributed by atoms with Gasteiger partial charge in [-0.1, -0.05) is 38.1 Å². The summed E-state index contributed by atoms with van der Waals surface area (Å²) in [6.45, 7) is 4.00. The van der Waals surface area contributed by atoms with E-state index in [1.54, 1.807) is 0 Å². The van der Waals surface area contributed by atoms with Crippen LogP contribution >= 0.6 is 0 Å². The fourth-order valence-corrected chi connectivity index (χ4v) is 2.01. The highest BCUT2D eigenvalue weighted by atomic mass is 16.4. The van der Waals surface area contributed by atoms with Crippen LogP contribution in [0.25, 0.3) is 0 Å². The second-order valence-electron chi connectivity index (χ2n) is 3.48. The number of carboxylic acids is 1. The van der Waals surface area contributed by atoms with Gasteiger partial charge in [0.25, 0.3) is 0 Å². The van der Waals surface area contributed by atoms with Crippen LogP contribution in [0.4, 0.5) is 0 Å². The molecule has 2 rings (SSSR count). The lowest BCUT2D eigenvalue weighted by Gasteiger charge is -2.21. The number of rotatable bonds is 1. The van der Waals surface area contributed by atoms with Crippen molar-refractivity contribution in [3.8, 4) is 0 Å². The molecule has 0 aliphatic heterocycles. The fourth-order valence-electron chi connectivity index (χ4n) is 2.01. The minimum Gasteiger partial charge on any atom is -0.481 e. The van der Waals surface area contributed by atoms with Crippen molar-refractivity contribution in [2.24, 2.45) is 0 Å². The highest BCUT2D eigenvalue weighted by Crippen LogP contribution is 2.31. The third kappa shape index (κ3) is 2.58. The van der Waals surface area contributed by atoms with Gasteiger partial charge in [0.05, 0.1) is 5.92 Å². The van der Waals surface area contributed by atoms with Gasteiger partial charge in [0.2, 0.25) is 0 Å². The summed E-state index contributed by atoms with van der Waals surface area (Å²) in [5, 5.41) is 8.99. The minimum atomic E-state index is -0.688. The quantitative estimate of drug-likeness (QED) is 0.766. The summed E-state index contributed by atoms with van der Waals surface area (Å²) < 4.78 is 0. The van der Waals surface area contributed by atoms with E-state index in [4.69, 9.17) is 5.11 Å². The number of carbonyl (C=O) groups is 1. The van der Waals surface area contributed by atoms with E-state index in [1.165, 1.54) is 5.56 Å². The Balaban J connectivity index is 0.000000531. The van der Waals surface area contributed by atoms with Gasteiger partial charge < -0.3 is 5.11 Å². The number of aryl methyl sites for hydroxylation is 1. The van der Waals surface area contributed by atoms with Crippen molar-refractivity contribution < 1.29 is 9.90 Å². The molecular formula is C13H18O2. The summed E-state index contributed by atoms with van der Waals surface area (Å²) in [5.74, 6) is -0.961. The molecule has 0 radical (unpaired) electrons. The molecule has 1 atom stereocenters. The summed E-state index contributed by atoms with van der Waals surface area (Å²) >= 11 is 0. The van der Waals surface area contributed by atoms with Gasteiger partial charge in [0, 0.05) is 0 Å². The maximum Gasteiger partial charge on any atom is 0.310 e. The first-order valence-electron chi connectivity index (χ1n) is 5.59. The average molecular weight is 206 g/mol. The Morgan fingerprint density at radius 2 is 2.00 bits per heavy atom. The molecule has 0 saturated carbocycles. The number of hydrogen-bond donors (Lipinski definition) is 1. The van der Waals surface area contributed by atoms with E-state index in [9.17, 15) is 4.79 Å². The van der Waals surface area contributed by atoms with Crippen molar-refractivity contribution in [3.63, 3.8) is 0 Å². The number of fused-ring (bicyclic) bond motifs is 1. The predicted octanol–water partition coefficient (Wildman–Crippen LogP) is 3.22. The zero-order valence-corrected chi connectivity index (χ0v) is 9.36. The third-order valence-electron chi connectivity index (χ3n) is 2.67. The van der Waals surface area contributed by atoms with Crippen LogP contribution in [0.15, 0.2) is 24.3 Å². The minimum absolute atomic E-state index is 0.273. The van der Waals surface area contributed by atoms with E-state index in [-0.39, 0.29) is 5.92 Å². The van der Waals surface area contributed by atoms with E-state index < -0.39 is 5.97 Å². The molecule has 0 spiro atoms. The zero-order chi connectivity index (χ0) is 11.3. The number of carboxylic acid groups (broad SMARTS) is 1. The van der Waals surface area contributed by atoms with Crippen molar-refractivity contribution in [2.45, 2.75) is 39.0 Å².